The zero-order chi connectivity index (χ0) is 14.5. The van der Waals surface area contributed by atoms with Crippen molar-refractivity contribution in [3.05, 3.63) is 29.8 Å². The molecule has 1 aliphatic heterocycles. The molecule has 0 spiro atoms. The number of hydrogen-bond donors (Lipinski definition) is 1. The van der Waals surface area contributed by atoms with E-state index in [0.717, 1.165) is 12.1 Å². The van der Waals surface area contributed by atoms with Crippen molar-refractivity contribution in [1.29, 1.82) is 0 Å². The van der Waals surface area contributed by atoms with Gasteiger partial charge in [-0.05, 0) is 37.5 Å². The molecule has 1 atom stereocenters. The molecule has 0 aromatic heterocycles. The molecule has 2 rings (SSSR count). The first-order valence-corrected chi connectivity index (χ1v) is 7.31. The number of benzene rings is 1. The highest BCUT2D eigenvalue weighted by Crippen LogP contribution is 2.19. The average Bonchev–Trinajstić information content (AvgIpc) is 2.57. The summed E-state index contributed by atoms with van der Waals surface area (Å²) in [4.78, 5) is 25.5. The van der Waals surface area contributed by atoms with E-state index < -0.39 is 6.04 Å². The number of amides is 2. The molecule has 1 unspecified atom stereocenters. The zero-order valence-electron chi connectivity index (χ0n) is 12.2. The summed E-state index contributed by atoms with van der Waals surface area (Å²) in [6.07, 6.45) is 3.78. The molecule has 0 aliphatic carbocycles. The van der Waals surface area contributed by atoms with Crippen molar-refractivity contribution in [3.63, 3.8) is 0 Å². The van der Waals surface area contributed by atoms with Gasteiger partial charge in [-0.25, -0.2) is 0 Å². The molecule has 1 aromatic rings. The first kappa shape index (κ1) is 14.6. The van der Waals surface area contributed by atoms with Crippen LogP contribution in [-0.2, 0) is 16.0 Å². The summed E-state index contributed by atoms with van der Waals surface area (Å²) in [5.41, 5.74) is 2.17. The number of hydrogen-bond acceptors (Lipinski definition) is 2. The fourth-order valence-electron chi connectivity index (χ4n) is 2.41. The molecule has 0 radical (unpaired) electrons. The van der Waals surface area contributed by atoms with E-state index in [1.807, 2.05) is 12.1 Å². The van der Waals surface area contributed by atoms with E-state index in [1.165, 1.54) is 18.4 Å². The summed E-state index contributed by atoms with van der Waals surface area (Å²) >= 11 is 0. The Morgan fingerprint density at radius 2 is 1.95 bits per heavy atom. The van der Waals surface area contributed by atoms with Gasteiger partial charge in [-0.15, -0.1) is 0 Å². The van der Waals surface area contributed by atoms with Crippen LogP contribution in [0.1, 0.15) is 38.7 Å². The van der Waals surface area contributed by atoms with Crippen molar-refractivity contribution >= 4 is 17.5 Å². The molecule has 0 saturated carbocycles. The largest absolute Gasteiger partial charge is 0.345 e. The van der Waals surface area contributed by atoms with Gasteiger partial charge in [-0.3, -0.25) is 9.59 Å². The van der Waals surface area contributed by atoms with Crippen molar-refractivity contribution in [1.82, 2.24) is 5.32 Å². The lowest BCUT2D eigenvalue weighted by atomic mass is 10.1. The van der Waals surface area contributed by atoms with Gasteiger partial charge in [-0.2, -0.15) is 0 Å². The topological polar surface area (TPSA) is 49.4 Å². The molecule has 4 nitrogen and oxygen atoms in total. The van der Waals surface area contributed by atoms with Crippen LogP contribution < -0.4 is 10.2 Å². The van der Waals surface area contributed by atoms with Crippen molar-refractivity contribution < 1.29 is 9.59 Å². The normalized spacial score (nSPS) is 19.7. The summed E-state index contributed by atoms with van der Waals surface area (Å²) < 4.78 is 0. The van der Waals surface area contributed by atoms with Crippen LogP contribution in [0.5, 0.6) is 0 Å². The lowest BCUT2D eigenvalue weighted by Crippen LogP contribution is -2.42. The highest BCUT2D eigenvalue weighted by atomic mass is 16.2. The minimum atomic E-state index is -0.454. The van der Waals surface area contributed by atoms with Gasteiger partial charge in [-0.1, -0.05) is 25.5 Å². The molecular formula is C16H22N2O2. The summed E-state index contributed by atoms with van der Waals surface area (Å²) in [6, 6.07) is 7.65. The Balaban J connectivity index is 2.13. The molecule has 1 aromatic carbocycles. The van der Waals surface area contributed by atoms with Gasteiger partial charge >= 0.3 is 0 Å². The van der Waals surface area contributed by atoms with E-state index in [4.69, 9.17) is 0 Å². The number of aryl methyl sites for hydroxylation is 1. The Hall–Kier alpha value is -1.84. The van der Waals surface area contributed by atoms with Gasteiger partial charge in [0.05, 0.1) is 0 Å². The summed E-state index contributed by atoms with van der Waals surface area (Å²) in [5, 5.41) is 2.70. The Morgan fingerprint density at radius 1 is 1.25 bits per heavy atom. The molecule has 1 fully saturated rings. The Morgan fingerprint density at radius 3 is 2.60 bits per heavy atom. The van der Waals surface area contributed by atoms with Crippen molar-refractivity contribution in [3.8, 4) is 0 Å². The highest BCUT2D eigenvalue weighted by Gasteiger charge is 2.27. The van der Waals surface area contributed by atoms with Crippen molar-refractivity contribution in [2.45, 2.75) is 45.6 Å². The Kier molecular flexibility index (Phi) is 4.77. The molecule has 20 heavy (non-hydrogen) atoms. The maximum absolute atomic E-state index is 12.3. The fourth-order valence-corrected chi connectivity index (χ4v) is 2.41. The summed E-state index contributed by atoms with van der Waals surface area (Å²) in [6.45, 7) is 4.35. The second kappa shape index (κ2) is 6.55. The first-order valence-electron chi connectivity index (χ1n) is 7.31. The maximum Gasteiger partial charge on any atom is 0.249 e. The standard InChI is InChI=1S/C16H22N2O2/c1-3-4-5-13-6-8-14(9-7-13)18-11-10-15(19)17-12(2)16(18)20/h6-9,12H,3-5,10-11H2,1-2H3,(H,17,19). The Labute approximate surface area is 120 Å². The van der Waals surface area contributed by atoms with E-state index in [-0.39, 0.29) is 11.8 Å². The minimum Gasteiger partial charge on any atom is -0.345 e. The number of rotatable bonds is 4. The van der Waals surface area contributed by atoms with E-state index in [9.17, 15) is 9.59 Å². The van der Waals surface area contributed by atoms with E-state index in [0.29, 0.717) is 13.0 Å². The van der Waals surface area contributed by atoms with Crippen LogP contribution in [0.25, 0.3) is 0 Å². The van der Waals surface area contributed by atoms with Crippen LogP contribution in [0.2, 0.25) is 0 Å². The van der Waals surface area contributed by atoms with Crippen molar-refractivity contribution in [2.24, 2.45) is 0 Å². The summed E-state index contributed by atoms with van der Waals surface area (Å²) in [7, 11) is 0. The molecular weight excluding hydrogens is 252 g/mol. The fraction of sp³-hybridized carbons (Fsp3) is 0.500. The third-order valence-electron chi connectivity index (χ3n) is 3.64. The van der Waals surface area contributed by atoms with Gasteiger partial charge in [0.2, 0.25) is 11.8 Å². The molecule has 1 aliphatic rings. The quantitative estimate of drug-likeness (QED) is 0.915. The third kappa shape index (κ3) is 3.38. The Bertz CT molecular complexity index is 482. The first-order chi connectivity index (χ1) is 9.61. The van der Waals surface area contributed by atoms with Crippen LogP contribution >= 0.6 is 0 Å². The number of nitrogens with zero attached hydrogens (tertiary/aromatic N) is 1. The van der Waals surface area contributed by atoms with Crippen LogP contribution in [0.4, 0.5) is 5.69 Å². The number of unbranched alkanes of at least 4 members (excludes halogenated alkanes) is 1. The third-order valence-corrected chi connectivity index (χ3v) is 3.64. The van der Waals surface area contributed by atoms with Gasteiger partial charge < -0.3 is 10.2 Å². The number of anilines is 1. The molecule has 1 heterocycles. The monoisotopic (exact) mass is 274 g/mol. The van der Waals surface area contributed by atoms with Crippen LogP contribution in [0, 0.1) is 0 Å². The number of nitrogens with one attached hydrogen (secondary N) is 1. The predicted octanol–water partition coefficient (Wildman–Crippen LogP) is 2.27. The SMILES string of the molecule is CCCCc1ccc(N2CCC(=O)NC(C)C2=O)cc1. The molecule has 1 N–H and O–H groups in total. The van der Waals surface area contributed by atoms with Crippen LogP contribution in [0.15, 0.2) is 24.3 Å². The van der Waals surface area contributed by atoms with E-state index in [2.05, 4.69) is 24.4 Å². The second-order valence-electron chi connectivity index (χ2n) is 5.30. The molecule has 4 heteroatoms. The maximum atomic E-state index is 12.3. The highest BCUT2D eigenvalue weighted by molar-refractivity contribution is 6.00. The number of carbonyl (C=O) groups excluding carboxylic acids is 2. The van der Waals surface area contributed by atoms with Gasteiger partial charge in [0.15, 0.2) is 0 Å². The molecule has 2 amide bonds. The predicted molar refractivity (Wildman–Crippen MR) is 79.6 cm³/mol. The lowest BCUT2D eigenvalue weighted by Gasteiger charge is -2.22. The van der Waals surface area contributed by atoms with Crippen LogP contribution in [0.3, 0.4) is 0 Å². The summed E-state index contributed by atoms with van der Waals surface area (Å²) in [5.74, 6) is -0.106. The number of carbonyl (C=O) groups is 2. The second-order valence-corrected chi connectivity index (χ2v) is 5.30. The zero-order valence-corrected chi connectivity index (χ0v) is 12.2. The van der Waals surface area contributed by atoms with Crippen LogP contribution in [-0.4, -0.2) is 24.4 Å². The van der Waals surface area contributed by atoms with E-state index in [1.54, 1.807) is 11.8 Å². The molecule has 1 saturated heterocycles. The molecule has 108 valence electrons. The van der Waals surface area contributed by atoms with Gasteiger partial charge in [0.25, 0.3) is 0 Å². The van der Waals surface area contributed by atoms with Crippen molar-refractivity contribution in [2.75, 3.05) is 11.4 Å². The minimum absolute atomic E-state index is 0.0443. The van der Waals surface area contributed by atoms with Gasteiger partial charge in [0.1, 0.15) is 6.04 Å². The van der Waals surface area contributed by atoms with E-state index >= 15 is 0 Å². The average molecular weight is 274 g/mol. The molecule has 0 bridgehead atoms. The lowest BCUT2D eigenvalue weighted by molar-refractivity contribution is -0.125. The van der Waals surface area contributed by atoms with Gasteiger partial charge in [0, 0.05) is 18.7 Å². The smallest absolute Gasteiger partial charge is 0.249 e.